The van der Waals surface area contributed by atoms with Gasteiger partial charge in [-0.3, -0.25) is 14.5 Å². The quantitative estimate of drug-likeness (QED) is 0.337. The number of carbonyl (C=O) groups is 1. The lowest BCUT2D eigenvalue weighted by molar-refractivity contribution is -0.144. The predicted molar refractivity (Wildman–Crippen MR) is 132 cm³/mol. The number of pyridine rings is 1. The number of nitrogens with one attached hydrogen (secondary N) is 1. The summed E-state index contributed by atoms with van der Waals surface area (Å²) >= 11 is 0. The highest BCUT2D eigenvalue weighted by molar-refractivity contribution is 5.79. The predicted octanol–water partition coefficient (Wildman–Crippen LogP) is 3.68. The second-order valence-electron chi connectivity index (χ2n) is 8.67. The molecule has 2 heterocycles. The molecule has 0 fully saturated rings. The number of hydrogen-bond donors (Lipinski definition) is 1. The van der Waals surface area contributed by atoms with Crippen LogP contribution in [0.2, 0.25) is 0 Å². The highest BCUT2D eigenvalue weighted by Gasteiger charge is 2.27. The van der Waals surface area contributed by atoms with Gasteiger partial charge in [0.15, 0.2) is 5.82 Å². The maximum Gasteiger partial charge on any atom is 0.327 e. The number of tetrazole rings is 1. The van der Waals surface area contributed by atoms with E-state index in [0.29, 0.717) is 30.9 Å². The van der Waals surface area contributed by atoms with Crippen LogP contribution in [0.25, 0.3) is 10.9 Å². The molecule has 1 atom stereocenters. The van der Waals surface area contributed by atoms with Crippen molar-refractivity contribution in [1.82, 2.24) is 30.1 Å². The Labute approximate surface area is 207 Å². The highest BCUT2D eigenvalue weighted by Crippen LogP contribution is 2.27. The Morgan fingerprint density at radius 2 is 1.92 bits per heavy atom. The van der Waals surface area contributed by atoms with Gasteiger partial charge >= 0.3 is 5.97 Å². The number of rotatable bonds is 10. The maximum absolute atomic E-state index is 13.6. The number of aryl methyl sites for hydroxylation is 1. The lowest BCUT2D eigenvalue weighted by Crippen LogP contribution is -2.33. The summed E-state index contributed by atoms with van der Waals surface area (Å²) in [6.07, 6.45) is 0.606. The lowest BCUT2D eigenvalue weighted by Gasteiger charge is -2.30. The van der Waals surface area contributed by atoms with E-state index in [-0.39, 0.29) is 30.6 Å². The van der Waals surface area contributed by atoms with E-state index in [1.165, 1.54) is 16.8 Å². The average Bonchev–Trinajstić information content (AvgIpc) is 3.29. The molecule has 188 valence electrons. The topological polar surface area (TPSA) is 106 Å². The van der Waals surface area contributed by atoms with Crippen molar-refractivity contribution >= 4 is 16.9 Å². The zero-order valence-corrected chi connectivity index (χ0v) is 20.6. The summed E-state index contributed by atoms with van der Waals surface area (Å²) in [5, 5.41) is 12.9. The van der Waals surface area contributed by atoms with Gasteiger partial charge < -0.3 is 9.72 Å². The summed E-state index contributed by atoms with van der Waals surface area (Å²) in [5.41, 5.74) is 3.12. The highest BCUT2D eigenvalue weighted by atomic mass is 19.1. The largest absolute Gasteiger partial charge is 0.465 e. The Balaban J connectivity index is 1.72. The third kappa shape index (κ3) is 5.83. The molecule has 4 rings (SSSR count). The molecule has 1 unspecified atom stereocenters. The van der Waals surface area contributed by atoms with Crippen molar-refractivity contribution in [3.8, 4) is 0 Å². The van der Waals surface area contributed by atoms with Crippen LogP contribution < -0.4 is 5.56 Å². The van der Waals surface area contributed by atoms with Crippen LogP contribution in [0.15, 0.2) is 53.3 Å². The third-order valence-electron chi connectivity index (χ3n) is 6.02. The minimum atomic E-state index is -0.438. The molecule has 0 aliphatic carbocycles. The fraction of sp³-hybridized carbons (Fsp3) is 0.346. The first-order valence-electron chi connectivity index (χ1n) is 11.9. The number of halogens is 1. The van der Waals surface area contributed by atoms with Gasteiger partial charge in [0.05, 0.1) is 12.6 Å². The fourth-order valence-electron chi connectivity index (χ4n) is 4.30. The Hall–Kier alpha value is -3.92. The van der Waals surface area contributed by atoms with Gasteiger partial charge in [-0.2, -0.15) is 0 Å². The molecule has 9 nitrogen and oxygen atoms in total. The molecule has 0 radical (unpaired) electrons. The van der Waals surface area contributed by atoms with Crippen LogP contribution in [0.5, 0.6) is 0 Å². The van der Waals surface area contributed by atoms with Gasteiger partial charge in [0.2, 0.25) is 0 Å². The number of esters is 1. The van der Waals surface area contributed by atoms with E-state index >= 15 is 0 Å². The second-order valence-corrected chi connectivity index (χ2v) is 8.67. The smallest absolute Gasteiger partial charge is 0.327 e. The summed E-state index contributed by atoms with van der Waals surface area (Å²) in [6.45, 7) is 6.57. The molecule has 0 spiro atoms. The number of hydrogen-bond acceptors (Lipinski definition) is 7. The molecule has 10 heteroatoms. The van der Waals surface area contributed by atoms with E-state index in [2.05, 4.69) is 25.4 Å². The van der Waals surface area contributed by atoms with Crippen molar-refractivity contribution in [2.45, 2.75) is 52.9 Å². The van der Waals surface area contributed by atoms with Crippen molar-refractivity contribution in [2.75, 3.05) is 6.61 Å². The normalized spacial score (nSPS) is 12.2. The number of H-pyrrole nitrogens is 1. The van der Waals surface area contributed by atoms with Gasteiger partial charge in [-0.1, -0.05) is 30.7 Å². The molecule has 1 N–H and O–H groups in total. The SMILES string of the molecule is CCOC(=O)Cn1nnnc1C(CC)N(Cc1ccc(F)cc1)Cc1cc2cc(C)ccc2[nH]c1=O. The summed E-state index contributed by atoms with van der Waals surface area (Å²) < 4.78 is 20.0. The number of ether oxygens (including phenoxy) is 1. The van der Waals surface area contributed by atoms with Gasteiger partial charge in [-0.15, -0.1) is 5.10 Å². The van der Waals surface area contributed by atoms with Crippen LogP contribution in [0, 0.1) is 12.7 Å². The third-order valence-corrected chi connectivity index (χ3v) is 6.02. The van der Waals surface area contributed by atoms with E-state index in [1.54, 1.807) is 19.1 Å². The Bertz CT molecular complexity index is 1400. The summed E-state index contributed by atoms with van der Waals surface area (Å²) in [7, 11) is 0. The molecule has 0 saturated heterocycles. The van der Waals surface area contributed by atoms with E-state index < -0.39 is 5.97 Å². The first-order chi connectivity index (χ1) is 17.4. The molecule has 0 bridgehead atoms. The van der Waals surface area contributed by atoms with E-state index in [9.17, 15) is 14.0 Å². The van der Waals surface area contributed by atoms with Gasteiger partial charge in [-0.05, 0) is 72.0 Å². The fourth-order valence-corrected chi connectivity index (χ4v) is 4.30. The summed E-state index contributed by atoms with van der Waals surface area (Å²) in [5.74, 6) is -0.273. The van der Waals surface area contributed by atoms with E-state index in [0.717, 1.165) is 22.0 Å². The minimum Gasteiger partial charge on any atom is -0.465 e. The Morgan fingerprint density at radius 3 is 2.64 bits per heavy atom. The Morgan fingerprint density at radius 1 is 1.14 bits per heavy atom. The molecule has 36 heavy (non-hydrogen) atoms. The van der Waals surface area contributed by atoms with Crippen molar-refractivity contribution in [3.63, 3.8) is 0 Å². The first kappa shape index (κ1) is 25.2. The molecule has 2 aromatic carbocycles. The van der Waals surface area contributed by atoms with Crippen molar-refractivity contribution < 1.29 is 13.9 Å². The van der Waals surface area contributed by atoms with Crippen LogP contribution in [0.4, 0.5) is 4.39 Å². The number of aromatic amines is 1. The minimum absolute atomic E-state index is 0.118. The standard InChI is InChI=1S/C26H29FN6O3/c1-4-23(25-29-30-31-33(25)16-24(34)36-5-2)32(14-18-7-9-21(27)10-8-18)15-20-13-19-12-17(3)6-11-22(19)28-26(20)35/h6-13,23H,4-5,14-16H2,1-3H3,(H,28,35). The molecule has 4 aromatic rings. The monoisotopic (exact) mass is 492 g/mol. The molecular weight excluding hydrogens is 463 g/mol. The molecule has 0 saturated carbocycles. The number of aromatic nitrogens is 5. The number of nitrogens with zero attached hydrogens (tertiary/aromatic N) is 5. The lowest BCUT2D eigenvalue weighted by atomic mass is 10.1. The van der Waals surface area contributed by atoms with Crippen molar-refractivity contribution in [3.05, 3.63) is 87.2 Å². The van der Waals surface area contributed by atoms with Gasteiger partial charge in [0.1, 0.15) is 12.4 Å². The molecule has 0 aliphatic rings. The van der Waals surface area contributed by atoms with Crippen LogP contribution >= 0.6 is 0 Å². The van der Waals surface area contributed by atoms with Crippen LogP contribution in [-0.2, 0) is 29.2 Å². The zero-order chi connectivity index (χ0) is 25.7. The molecule has 0 aliphatic heterocycles. The number of carbonyl (C=O) groups excluding carboxylic acids is 1. The maximum atomic E-state index is 13.6. The van der Waals surface area contributed by atoms with Crippen LogP contribution in [-0.4, -0.2) is 42.7 Å². The van der Waals surface area contributed by atoms with Crippen molar-refractivity contribution in [1.29, 1.82) is 0 Å². The van der Waals surface area contributed by atoms with E-state index in [4.69, 9.17) is 4.74 Å². The summed E-state index contributed by atoms with van der Waals surface area (Å²) in [6, 6.07) is 13.7. The second kappa shape index (κ2) is 11.2. The first-order valence-corrected chi connectivity index (χ1v) is 11.9. The van der Waals surface area contributed by atoms with Crippen LogP contribution in [0.3, 0.4) is 0 Å². The Kier molecular flexibility index (Phi) is 7.84. The van der Waals surface area contributed by atoms with Crippen LogP contribution in [0.1, 0.15) is 48.8 Å². The molecule has 0 amide bonds. The van der Waals surface area contributed by atoms with Gasteiger partial charge in [0, 0.05) is 24.2 Å². The molecule has 2 aromatic heterocycles. The van der Waals surface area contributed by atoms with E-state index in [1.807, 2.05) is 38.1 Å². The average molecular weight is 493 g/mol. The zero-order valence-electron chi connectivity index (χ0n) is 20.6. The van der Waals surface area contributed by atoms with Crippen molar-refractivity contribution in [2.24, 2.45) is 0 Å². The number of fused-ring (bicyclic) bond motifs is 1. The molecular formula is C26H29FN6O3. The van der Waals surface area contributed by atoms with Gasteiger partial charge in [0.25, 0.3) is 5.56 Å². The number of benzene rings is 2. The summed E-state index contributed by atoms with van der Waals surface area (Å²) in [4.78, 5) is 30.1. The van der Waals surface area contributed by atoms with Gasteiger partial charge in [-0.25, -0.2) is 9.07 Å².